The number of fused-ring (bicyclic) bond motifs is 3. The number of methoxy groups -OCH3 is 1. The predicted octanol–water partition coefficient (Wildman–Crippen LogP) is 4.91. The Morgan fingerprint density at radius 2 is 1.85 bits per heavy atom. The molecule has 0 N–H and O–H groups in total. The summed E-state index contributed by atoms with van der Waals surface area (Å²) in [5.74, 6) is 0. The van der Waals surface area contributed by atoms with Crippen molar-refractivity contribution in [2.75, 3.05) is 20.2 Å². The van der Waals surface area contributed by atoms with Gasteiger partial charge in [0.05, 0.1) is 0 Å². The minimum Gasteiger partial charge on any atom is -0.368 e. The summed E-state index contributed by atoms with van der Waals surface area (Å²) in [6.07, 6.45) is 5.00. The number of benzene rings is 2. The molecule has 1 unspecified atom stereocenters. The zero-order chi connectivity index (χ0) is 18.0. The van der Waals surface area contributed by atoms with Crippen LogP contribution in [-0.4, -0.2) is 25.1 Å². The highest BCUT2D eigenvalue weighted by Gasteiger charge is 2.38. The van der Waals surface area contributed by atoms with E-state index in [1.165, 1.54) is 26.1 Å². The summed E-state index contributed by atoms with van der Waals surface area (Å²) in [4.78, 5) is 3.18. The topological polar surface area (TPSA) is 36.3 Å². The fourth-order valence-corrected chi connectivity index (χ4v) is 5.53. The van der Waals surface area contributed by atoms with Gasteiger partial charge in [0, 0.05) is 29.8 Å². The first-order chi connectivity index (χ1) is 12.8. The van der Waals surface area contributed by atoms with Gasteiger partial charge in [-0.2, -0.15) is 5.26 Å². The van der Waals surface area contributed by atoms with Gasteiger partial charge < -0.3 is 9.64 Å². The fourth-order valence-electron chi connectivity index (χ4n) is 4.06. The first-order valence-electron chi connectivity index (χ1n) is 9.05. The number of hydrogen-bond acceptors (Lipinski definition) is 4. The molecule has 26 heavy (non-hydrogen) atoms. The Bertz CT molecular complexity index is 944. The van der Waals surface area contributed by atoms with Crippen molar-refractivity contribution in [3.63, 3.8) is 0 Å². The van der Waals surface area contributed by atoms with Gasteiger partial charge >= 0.3 is 0 Å². The molecule has 4 heteroatoms. The van der Waals surface area contributed by atoms with Crippen molar-refractivity contribution in [1.29, 1.82) is 5.26 Å². The summed E-state index contributed by atoms with van der Waals surface area (Å²) in [5.41, 5.74) is 2.07. The van der Waals surface area contributed by atoms with Gasteiger partial charge in [0.2, 0.25) is 0 Å². The Morgan fingerprint density at radius 1 is 1.08 bits per heavy atom. The molecule has 1 aromatic heterocycles. The minimum absolute atomic E-state index is 0.453. The molecule has 2 heterocycles. The zero-order valence-electron chi connectivity index (χ0n) is 14.9. The molecule has 0 fully saturated rings. The molecule has 1 aliphatic rings. The van der Waals surface area contributed by atoms with Gasteiger partial charge in [0.15, 0.2) is 6.19 Å². The van der Waals surface area contributed by atoms with Gasteiger partial charge in [-0.05, 0) is 41.8 Å². The molecule has 1 aliphatic heterocycles. The second-order valence-corrected chi connectivity index (χ2v) is 7.80. The summed E-state index contributed by atoms with van der Waals surface area (Å²) >= 11 is 1.84. The van der Waals surface area contributed by atoms with Gasteiger partial charge in [0.1, 0.15) is 5.60 Å². The van der Waals surface area contributed by atoms with Crippen molar-refractivity contribution in [2.45, 2.75) is 24.9 Å². The van der Waals surface area contributed by atoms with Crippen LogP contribution < -0.4 is 0 Å². The molecular weight excluding hydrogens is 340 g/mol. The van der Waals surface area contributed by atoms with E-state index < -0.39 is 5.60 Å². The number of hydrogen-bond donors (Lipinski definition) is 0. The van der Waals surface area contributed by atoms with Crippen molar-refractivity contribution in [2.24, 2.45) is 0 Å². The van der Waals surface area contributed by atoms with Crippen molar-refractivity contribution >= 4 is 21.4 Å². The lowest BCUT2D eigenvalue weighted by molar-refractivity contribution is 0.0150. The van der Waals surface area contributed by atoms with E-state index in [1.54, 1.807) is 0 Å². The van der Waals surface area contributed by atoms with Crippen molar-refractivity contribution in [3.05, 3.63) is 70.6 Å². The average Bonchev–Trinajstić information content (AvgIpc) is 3.09. The highest BCUT2D eigenvalue weighted by Crippen LogP contribution is 2.46. The monoisotopic (exact) mass is 362 g/mol. The average molecular weight is 362 g/mol. The lowest BCUT2D eigenvalue weighted by Crippen LogP contribution is -2.30. The third kappa shape index (κ3) is 2.78. The number of nitriles is 1. The van der Waals surface area contributed by atoms with Gasteiger partial charge in [-0.15, -0.1) is 11.3 Å². The van der Waals surface area contributed by atoms with Gasteiger partial charge in [-0.25, -0.2) is 0 Å². The Hall–Kier alpha value is -2.35. The van der Waals surface area contributed by atoms with Crippen molar-refractivity contribution < 1.29 is 4.74 Å². The summed E-state index contributed by atoms with van der Waals surface area (Å²) in [7, 11) is 1.82. The van der Waals surface area contributed by atoms with Crippen LogP contribution in [0.1, 0.15) is 28.8 Å². The van der Waals surface area contributed by atoms with Gasteiger partial charge in [-0.1, -0.05) is 48.5 Å². The van der Waals surface area contributed by atoms with Gasteiger partial charge in [-0.3, -0.25) is 0 Å². The fraction of sp³-hybridized carbons (Fsp3) is 0.318. The molecule has 132 valence electrons. The van der Waals surface area contributed by atoms with Crippen LogP contribution in [0.2, 0.25) is 0 Å². The Labute approximate surface area is 158 Å². The van der Waals surface area contributed by atoms with E-state index in [2.05, 4.69) is 54.7 Å². The highest BCUT2D eigenvalue weighted by atomic mass is 32.1. The Balaban J connectivity index is 1.96. The molecular formula is C22H22N2OS. The second kappa shape index (κ2) is 7.11. The van der Waals surface area contributed by atoms with E-state index in [4.69, 9.17) is 4.74 Å². The summed E-state index contributed by atoms with van der Waals surface area (Å²) in [5, 5.41) is 10.8. The quantitative estimate of drug-likeness (QED) is 0.608. The van der Waals surface area contributed by atoms with Gasteiger partial charge in [0.25, 0.3) is 0 Å². The van der Waals surface area contributed by atoms with Crippen LogP contribution in [0.3, 0.4) is 0 Å². The molecule has 0 saturated heterocycles. The number of nitrogens with zero attached hydrogens (tertiary/aromatic N) is 2. The molecule has 0 radical (unpaired) electrons. The standard InChI is InChI=1S/C22H22N2OS/c1-25-22(17-8-3-2-4-9-17)13-7-14-24(16-23)15-12-19-18-10-5-6-11-20(18)26-21(19)22/h2-6,8-11H,7,12-15H2,1H3. The Kier molecular flexibility index (Phi) is 4.67. The van der Waals surface area contributed by atoms with Crippen LogP contribution >= 0.6 is 11.3 Å². The number of thiophene rings is 1. The molecule has 0 spiro atoms. The van der Waals surface area contributed by atoms with E-state index in [-0.39, 0.29) is 0 Å². The van der Waals surface area contributed by atoms with Crippen LogP contribution in [-0.2, 0) is 16.8 Å². The van der Waals surface area contributed by atoms with E-state index in [0.717, 1.165) is 32.4 Å². The van der Waals surface area contributed by atoms with E-state index in [9.17, 15) is 5.26 Å². The largest absolute Gasteiger partial charge is 0.368 e. The maximum absolute atomic E-state index is 9.46. The SMILES string of the molecule is COC1(c2ccccc2)CCCN(C#N)CCc2c1sc1ccccc21. The van der Waals surface area contributed by atoms with E-state index in [1.807, 2.05) is 29.4 Å². The normalized spacial score (nSPS) is 20.7. The zero-order valence-corrected chi connectivity index (χ0v) is 15.8. The minimum atomic E-state index is -0.453. The first kappa shape index (κ1) is 17.1. The van der Waals surface area contributed by atoms with Crippen LogP contribution in [0.5, 0.6) is 0 Å². The highest BCUT2D eigenvalue weighted by molar-refractivity contribution is 7.19. The van der Waals surface area contributed by atoms with Crippen LogP contribution in [0, 0.1) is 11.5 Å². The number of ether oxygens (including phenoxy) is 1. The molecule has 1 atom stereocenters. The maximum Gasteiger partial charge on any atom is 0.179 e. The van der Waals surface area contributed by atoms with E-state index in [0.29, 0.717) is 0 Å². The molecule has 3 aromatic rings. The van der Waals surface area contributed by atoms with Crippen molar-refractivity contribution in [3.8, 4) is 6.19 Å². The molecule has 4 rings (SSSR count). The second-order valence-electron chi connectivity index (χ2n) is 6.74. The van der Waals surface area contributed by atoms with Crippen molar-refractivity contribution in [1.82, 2.24) is 4.90 Å². The summed E-state index contributed by atoms with van der Waals surface area (Å²) < 4.78 is 7.58. The molecule has 0 aliphatic carbocycles. The van der Waals surface area contributed by atoms with Crippen LogP contribution in [0.4, 0.5) is 0 Å². The molecule has 0 saturated carbocycles. The first-order valence-corrected chi connectivity index (χ1v) is 9.86. The number of rotatable bonds is 2. The summed E-state index contributed by atoms with van der Waals surface area (Å²) in [6.45, 7) is 1.54. The smallest absolute Gasteiger partial charge is 0.179 e. The molecule has 0 amide bonds. The summed E-state index contributed by atoms with van der Waals surface area (Å²) in [6, 6.07) is 19.1. The predicted molar refractivity (Wildman–Crippen MR) is 106 cm³/mol. The Morgan fingerprint density at radius 3 is 2.62 bits per heavy atom. The van der Waals surface area contributed by atoms with E-state index >= 15 is 0 Å². The molecule has 3 nitrogen and oxygen atoms in total. The molecule has 0 bridgehead atoms. The van der Waals surface area contributed by atoms with Crippen LogP contribution in [0.15, 0.2) is 54.6 Å². The third-order valence-electron chi connectivity index (χ3n) is 5.38. The lowest BCUT2D eigenvalue weighted by Gasteiger charge is -2.33. The maximum atomic E-state index is 9.46. The van der Waals surface area contributed by atoms with Crippen LogP contribution in [0.25, 0.3) is 10.1 Å². The lowest BCUT2D eigenvalue weighted by atomic mass is 9.84. The molecule has 2 aromatic carbocycles. The third-order valence-corrected chi connectivity index (χ3v) is 6.74.